The number of hydrogen-bond donors (Lipinski definition) is 1. The van der Waals surface area contributed by atoms with Gasteiger partial charge in [-0.05, 0) is 48.0 Å². The van der Waals surface area contributed by atoms with Crippen LogP contribution in [0.15, 0.2) is 35.1 Å². The van der Waals surface area contributed by atoms with Gasteiger partial charge in [0, 0.05) is 23.4 Å². The van der Waals surface area contributed by atoms with Crippen molar-refractivity contribution in [2.24, 2.45) is 0 Å². The molecule has 0 radical (unpaired) electrons. The third-order valence-electron chi connectivity index (χ3n) is 2.74. The van der Waals surface area contributed by atoms with Crippen LogP contribution in [-0.2, 0) is 6.54 Å². The topological polar surface area (TPSA) is 56.1 Å². The molecule has 0 saturated carbocycles. The van der Waals surface area contributed by atoms with E-state index in [2.05, 4.69) is 26.2 Å². The molecule has 0 aliphatic carbocycles. The lowest BCUT2D eigenvalue weighted by atomic mass is 10.3. The Hall–Kier alpha value is -1.82. The minimum absolute atomic E-state index is 0.188. The molecule has 1 N–H and O–H groups in total. The molecule has 1 amide bonds. The third-order valence-corrected chi connectivity index (χ3v) is 3.17. The van der Waals surface area contributed by atoms with Crippen molar-refractivity contribution >= 4 is 27.5 Å². The number of ether oxygens (including phenoxy) is 1. The molecule has 0 bridgehead atoms. The van der Waals surface area contributed by atoms with E-state index in [1.807, 2.05) is 24.6 Å². The largest absolute Gasteiger partial charge is 0.476 e. The number of pyridine rings is 1. The van der Waals surface area contributed by atoms with E-state index >= 15 is 0 Å². The fourth-order valence-corrected chi connectivity index (χ4v) is 2.31. The minimum Gasteiger partial charge on any atom is -0.476 e. The van der Waals surface area contributed by atoms with Gasteiger partial charge in [-0.1, -0.05) is 0 Å². The highest BCUT2D eigenvalue weighted by molar-refractivity contribution is 9.10. The molecule has 0 aliphatic heterocycles. The number of rotatable bonds is 5. The normalized spacial score (nSPS) is 10.3. The average molecular weight is 338 g/mol. The summed E-state index contributed by atoms with van der Waals surface area (Å²) in [6, 6.07) is 5.31. The first kappa shape index (κ1) is 14.6. The first-order chi connectivity index (χ1) is 9.65. The highest BCUT2D eigenvalue weighted by Crippen LogP contribution is 2.22. The van der Waals surface area contributed by atoms with Crippen LogP contribution in [0.5, 0.6) is 5.88 Å². The predicted molar refractivity (Wildman–Crippen MR) is 81.2 cm³/mol. The van der Waals surface area contributed by atoms with Crippen LogP contribution in [0, 0.1) is 0 Å². The zero-order chi connectivity index (χ0) is 14.5. The van der Waals surface area contributed by atoms with E-state index in [-0.39, 0.29) is 5.91 Å². The number of amides is 1. The molecule has 0 spiro atoms. The Morgan fingerprint density at radius 2 is 2.30 bits per heavy atom. The summed E-state index contributed by atoms with van der Waals surface area (Å²) in [6.45, 7) is 5.08. The maximum Gasteiger partial charge on any atom is 0.272 e. The van der Waals surface area contributed by atoms with Gasteiger partial charge in [-0.15, -0.1) is 0 Å². The summed E-state index contributed by atoms with van der Waals surface area (Å²) >= 11 is 3.38. The van der Waals surface area contributed by atoms with Gasteiger partial charge in [0.2, 0.25) is 5.88 Å². The number of halogens is 1. The van der Waals surface area contributed by atoms with Gasteiger partial charge in [0.05, 0.1) is 6.61 Å². The van der Waals surface area contributed by atoms with Crippen molar-refractivity contribution in [3.05, 3.63) is 40.8 Å². The number of hydrogen-bond acceptors (Lipinski definition) is 3. The van der Waals surface area contributed by atoms with E-state index in [0.717, 1.165) is 11.0 Å². The number of nitrogens with zero attached hydrogens (tertiary/aromatic N) is 2. The lowest BCUT2D eigenvalue weighted by molar-refractivity contribution is 0.101. The second-order valence-electron chi connectivity index (χ2n) is 4.07. The van der Waals surface area contributed by atoms with Gasteiger partial charge in [0.15, 0.2) is 0 Å². The molecule has 2 aromatic heterocycles. The van der Waals surface area contributed by atoms with E-state index in [0.29, 0.717) is 23.9 Å². The highest BCUT2D eigenvalue weighted by Gasteiger charge is 2.14. The summed E-state index contributed by atoms with van der Waals surface area (Å²) < 4.78 is 8.14. The summed E-state index contributed by atoms with van der Waals surface area (Å²) in [5.74, 6) is 0.239. The maximum absolute atomic E-state index is 12.3. The quantitative estimate of drug-likeness (QED) is 0.910. The van der Waals surface area contributed by atoms with Crippen LogP contribution in [0.4, 0.5) is 5.69 Å². The standard InChI is InChI=1S/C14H16BrN3O2/c1-3-18-9-10(15)8-12(18)13(19)17-11-6-5-7-16-14(11)20-4-2/h5-9H,3-4H2,1-2H3,(H,17,19). The SMILES string of the molecule is CCOc1ncccc1NC(=O)c1cc(Br)cn1CC. The molecular weight excluding hydrogens is 322 g/mol. The summed E-state index contributed by atoms with van der Waals surface area (Å²) in [6.07, 6.45) is 3.51. The highest BCUT2D eigenvalue weighted by atomic mass is 79.9. The van der Waals surface area contributed by atoms with Crippen LogP contribution in [-0.4, -0.2) is 22.1 Å². The van der Waals surface area contributed by atoms with Crippen molar-refractivity contribution in [3.8, 4) is 5.88 Å². The Morgan fingerprint density at radius 1 is 1.50 bits per heavy atom. The van der Waals surface area contributed by atoms with Crippen LogP contribution < -0.4 is 10.1 Å². The van der Waals surface area contributed by atoms with E-state index in [1.165, 1.54) is 0 Å². The smallest absolute Gasteiger partial charge is 0.272 e. The Bertz CT molecular complexity index is 610. The van der Waals surface area contributed by atoms with Crippen molar-refractivity contribution in [2.75, 3.05) is 11.9 Å². The molecule has 0 aromatic carbocycles. The summed E-state index contributed by atoms with van der Waals surface area (Å²) in [5.41, 5.74) is 1.16. The molecule has 5 nitrogen and oxygen atoms in total. The fraction of sp³-hybridized carbons (Fsp3) is 0.286. The second-order valence-corrected chi connectivity index (χ2v) is 4.99. The molecule has 2 aromatic rings. The number of carbonyl (C=O) groups excluding carboxylic acids is 1. The molecule has 20 heavy (non-hydrogen) atoms. The van der Waals surface area contributed by atoms with Crippen molar-refractivity contribution < 1.29 is 9.53 Å². The Balaban J connectivity index is 2.23. The van der Waals surface area contributed by atoms with Gasteiger partial charge in [0.1, 0.15) is 11.4 Å². The number of aromatic nitrogens is 2. The zero-order valence-corrected chi connectivity index (χ0v) is 13.0. The summed E-state index contributed by atoms with van der Waals surface area (Å²) in [4.78, 5) is 16.4. The van der Waals surface area contributed by atoms with Gasteiger partial charge in [-0.3, -0.25) is 4.79 Å². The van der Waals surface area contributed by atoms with E-state index < -0.39 is 0 Å². The lowest BCUT2D eigenvalue weighted by Crippen LogP contribution is -2.17. The van der Waals surface area contributed by atoms with E-state index in [9.17, 15) is 4.79 Å². The van der Waals surface area contributed by atoms with Gasteiger partial charge >= 0.3 is 0 Å². The zero-order valence-electron chi connectivity index (χ0n) is 11.4. The predicted octanol–water partition coefficient (Wildman–Crippen LogP) is 3.32. The lowest BCUT2D eigenvalue weighted by Gasteiger charge is -2.11. The molecule has 0 unspecified atom stereocenters. The molecule has 0 atom stereocenters. The Morgan fingerprint density at radius 3 is 3.00 bits per heavy atom. The van der Waals surface area contributed by atoms with Crippen LogP contribution in [0.2, 0.25) is 0 Å². The maximum atomic E-state index is 12.3. The van der Waals surface area contributed by atoms with Crippen molar-refractivity contribution in [3.63, 3.8) is 0 Å². The third kappa shape index (κ3) is 3.19. The van der Waals surface area contributed by atoms with Crippen molar-refractivity contribution in [1.29, 1.82) is 0 Å². The first-order valence-corrected chi connectivity index (χ1v) is 7.19. The van der Waals surface area contributed by atoms with E-state index in [4.69, 9.17) is 4.74 Å². The number of carbonyl (C=O) groups is 1. The van der Waals surface area contributed by atoms with Crippen LogP contribution in [0.3, 0.4) is 0 Å². The van der Waals surface area contributed by atoms with Gasteiger partial charge in [0.25, 0.3) is 5.91 Å². The monoisotopic (exact) mass is 337 g/mol. The molecular formula is C14H16BrN3O2. The van der Waals surface area contributed by atoms with E-state index in [1.54, 1.807) is 24.4 Å². The summed E-state index contributed by atoms with van der Waals surface area (Å²) in [5, 5.41) is 2.83. The molecule has 0 fully saturated rings. The van der Waals surface area contributed by atoms with Crippen LogP contribution in [0.25, 0.3) is 0 Å². The number of nitrogens with one attached hydrogen (secondary N) is 1. The van der Waals surface area contributed by atoms with Crippen molar-refractivity contribution in [2.45, 2.75) is 20.4 Å². The van der Waals surface area contributed by atoms with Gasteiger partial charge < -0.3 is 14.6 Å². The van der Waals surface area contributed by atoms with Crippen molar-refractivity contribution in [1.82, 2.24) is 9.55 Å². The Kier molecular flexibility index (Phi) is 4.79. The second kappa shape index (κ2) is 6.56. The Labute approximate surface area is 126 Å². The molecule has 6 heteroatoms. The molecule has 0 saturated heterocycles. The average Bonchev–Trinajstić information content (AvgIpc) is 2.82. The van der Waals surface area contributed by atoms with Gasteiger partial charge in [-0.2, -0.15) is 0 Å². The fourth-order valence-electron chi connectivity index (χ4n) is 1.85. The number of aryl methyl sites for hydroxylation is 1. The van der Waals surface area contributed by atoms with Gasteiger partial charge in [-0.25, -0.2) is 4.98 Å². The molecule has 2 rings (SSSR count). The van der Waals surface area contributed by atoms with Crippen LogP contribution in [0.1, 0.15) is 24.3 Å². The number of anilines is 1. The molecule has 2 heterocycles. The molecule has 106 valence electrons. The van der Waals surface area contributed by atoms with Crippen LogP contribution >= 0.6 is 15.9 Å². The first-order valence-electron chi connectivity index (χ1n) is 6.40. The minimum atomic E-state index is -0.188. The molecule has 0 aliphatic rings. The summed E-state index contributed by atoms with van der Waals surface area (Å²) in [7, 11) is 0.